The fourth-order valence-corrected chi connectivity index (χ4v) is 0. The second kappa shape index (κ2) is 233. The molecule has 0 bridgehead atoms. The minimum absolute atomic E-state index is 0. The van der Waals surface area contributed by atoms with Gasteiger partial charge in [-0.25, -0.2) is 0 Å². The van der Waals surface area contributed by atoms with Gasteiger partial charge in [-0.15, -0.1) is 0 Å². The second-order valence-corrected chi connectivity index (χ2v) is 0. The summed E-state index contributed by atoms with van der Waals surface area (Å²) in [6.45, 7) is 0. The first-order chi connectivity index (χ1) is 0. The van der Waals surface area contributed by atoms with Crippen LogP contribution in [0.25, 0.3) is 0 Å². The van der Waals surface area contributed by atoms with Crippen LogP contribution >= 0.6 is 0 Å². The van der Waals surface area contributed by atoms with Gasteiger partial charge in [-0.05, 0) is 0 Å². The van der Waals surface area contributed by atoms with Gasteiger partial charge in [0.05, 0.1) is 0 Å². The Bertz CT molecular complexity index is 0. The van der Waals surface area contributed by atoms with Gasteiger partial charge in [-0.2, -0.15) is 0 Å². The molecule has 0 aromatic rings. The van der Waals surface area contributed by atoms with E-state index in [9.17, 15) is 0 Å². The van der Waals surface area contributed by atoms with Crippen LogP contribution in [-0.2, 0) is 427 Å². The van der Waals surface area contributed by atoms with Crippen LogP contribution in [0.1, 0.15) is 0 Å². The van der Waals surface area contributed by atoms with E-state index < -0.39 is 0 Å². The molecule has 0 spiro atoms. The summed E-state index contributed by atoms with van der Waals surface area (Å²) in [5.41, 5.74) is 0. The maximum Gasteiger partial charge on any atom is 0 e. The maximum atomic E-state index is 0. The molecule has 0 nitrogen and oxygen atoms in total. The van der Waals surface area contributed by atoms with Crippen molar-refractivity contribution in [1.82, 2.24) is 0 Å². The maximum absolute atomic E-state index is 0. The normalized spacial score (nSPS) is 0. The molecule has 0 aliphatic rings. The zero-order valence-corrected chi connectivity index (χ0v) is 42.4. The Labute approximate surface area is 416 Å². The van der Waals surface area contributed by atoms with Crippen LogP contribution in [0.2, 0.25) is 0 Å². The van der Waals surface area contributed by atoms with Crippen LogP contribution in [0.5, 0.6) is 0 Å². The summed E-state index contributed by atoms with van der Waals surface area (Å²) in [7, 11) is 0. The molecule has 0 rings (SSSR count). The van der Waals surface area contributed by atoms with Crippen LogP contribution in [-0.4, -0.2) is 0 Å². The van der Waals surface area contributed by atoms with Gasteiger partial charge < -0.3 is 0 Å². The van der Waals surface area contributed by atoms with Gasteiger partial charge in [0, 0.05) is 427 Å². The van der Waals surface area contributed by atoms with E-state index in [4.69, 9.17) is 0 Å². The summed E-state index contributed by atoms with van der Waals surface area (Å²) in [4.78, 5) is 0. The third-order valence-electron chi connectivity index (χ3n) is 0. The molecule has 23 heteroatoms. The summed E-state index contributed by atoms with van der Waals surface area (Å²) in [6.07, 6.45) is 0. The smallest absolute Gasteiger partial charge is 0 e. The summed E-state index contributed by atoms with van der Waals surface area (Å²) in [5, 5.41) is 0. The third-order valence-corrected chi connectivity index (χ3v) is 0. The van der Waals surface area contributed by atoms with Crippen molar-refractivity contribution in [1.29, 1.82) is 0 Å². The standard InChI is InChI=1S/23V. The molecule has 0 atom stereocenters. The molecule has 0 saturated heterocycles. The van der Waals surface area contributed by atoms with E-state index in [0.29, 0.717) is 0 Å². The van der Waals surface area contributed by atoms with Crippen LogP contribution < -0.4 is 0 Å². The van der Waals surface area contributed by atoms with Crippen molar-refractivity contribution in [3.05, 3.63) is 0 Å². The van der Waals surface area contributed by atoms with Crippen LogP contribution in [0.4, 0.5) is 0 Å². The summed E-state index contributed by atoms with van der Waals surface area (Å²) >= 11 is 0. The Morgan fingerprint density at radius 1 is 0.0435 bits per heavy atom. The molecule has 0 amide bonds. The Morgan fingerprint density at radius 2 is 0.0435 bits per heavy atom. The van der Waals surface area contributed by atoms with E-state index in [1.54, 1.807) is 0 Å². The van der Waals surface area contributed by atoms with E-state index in [1.807, 2.05) is 0 Å². The van der Waals surface area contributed by atoms with E-state index >= 15 is 0 Å². The second-order valence-electron chi connectivity index (χ2n) is 0. The number of hydrogen-bond donors (Lipinski definition) is 0. The third kappa shape index (κ3) is 219. The SMILES string of the molecule is [V].[V].[V].[V].[V].[V].[V].[V].[V].[V].[V].[V].[V].[V].[V].[V].[V].[V].[V].[V].[V].[V].[V]. The van der Waals surface area contributed by atoms with E-state index in [2.05, 4.69) is 0 Å². The van der Waals surface area contributed by atoms with Gasteiger partial charge in [-0.3, -0.25) is 0 Å². The molecule has 0 aliphatic heterocycles. The van der Waals surface area contributed by atoms with Crippen LogP contribution in [0.15, 0.2) is 0 Å². The largest absolute Gasteiger partial charge is 0 e. The summed E-state index contributed by atoms with van der Waals surface area (Å²) < 4.78 is 0. The molecule has 115 valence electrons. The zero-order valence-electron chi connectivity index (χ0n) is 10.3. The van der Waals surface area contributed by atoms with E-state index in [1.165, 1.54) is 0 Å². The Morgan fingerprint density at radius 3 is 0.0435 bits per heavy atom. The molecule has 0 aliphatic carbocycles. The predicted molar refractivity (Wildman–Crippen MR) is 0 cm³/mol. The average molecular weight is 1170 g/mol. The monoisotopic (exact) mass is 1170 g/mol. The minimum Gasteiger partial charge on any atom is 0 e. The van der Waals surface area contributed by atoms with E-state index in [0.717, 1.165) is 0 Å². The molecule has 0 heterocycles. The number of rotatable bonds is 0. The van der Waals surface area contributed by atoms with Gasteiger partial charge in [0.25, 0.3) is 0 Å². The van der Waals surface area contributed by atoms with Gasteiger partial charge in [0.15, 0.2) is 0 Å². The van der Waals surface area contributed by atoms with Crippen molar-refractivity contribution in [3.8, 4) is 0 Å². The predicted octanol–water partition coefficient (Wildman–Crippen LogP) is -0.0575. The van der Waals surface area contributed by atoms with Gasteiger partial charge in [0.2, 0.25) is 0 Å². The Kier molecular flexibility index (Phi) is 2560. The summed E-state index contributed by atoms with van der Waals surface area (Å²) in [5.74, 6) is 0. The molecular formula is V23. The number of hydrogen-bond acceptors (Lipinski definition) is 0. The van der Waals surface area contributed by atoms with Crippen molar-refractivity contribution in [2.75, 3.05) is 0 Å². The van der Waals surface area contributed by atoms with Gasteiger partial charge in [0.1, 0.15) is 0 Å². The van der Waals surface area contributed by atoms with E-state index in [-0.39, 0.29) is 427 Å². The Balaban J connectivity index is 0. The molecule has 23 radical (unpaired) electrons. The first-order valence-electron chi connectivity index (χ1n) is 0. The molecule has 0 aromatic carbocycles. The van der Waals surface area contributed by atoms with Crippen molar-refractivity contribution in [3.63, 3.8) is 0 Å². The Hall–Kier alpha value is 13.4. The van der Waals surface area contributed by atoms with Gasteiger partial charge >= 0.3 is 0 Å². The fourth-order valence-electron chi connectivity index (χ4n) is 0. The topological polar surface area (TPSA) is 0 Å². The molecular weight excluding hydrogens is 1170 g/mol. The summed E-state index contributed by atoms with van der Waals surface area (Å²) in [6, 6.07) is 0. The quantitative estimate of drug-likeness (QED) is 0.320. The molecule has 23 heavy (non-hydrogen) atoms. The molecule has 0 unspecified atom stereocenters. The van der Waals surface area contributed by atoms with Crippen molar-refractivity contribution in [2.24, 2.45) is 0 Å². The molecule has 0 aromatic heterocycles. The van der Waals surface area contributed by atoms with Crippen molar-refractivity contribution >= 4 is 0 Å². The minimum atomic E-state index is 0. The van der Waals surface area contributed by atoms with Gasteiger partial charge in [-0.1, -0.05) is 0 Å². The first-order valence-corrected chi connectivity index (χ1v) is 0. The fraction of sp³-hybridized carbons (Fsp3) is 0. The first kappa shape index (κ1) is 253. The van der Waals surface area contributed by atoms with Crippen molar-refractivity contribution in [2.45, 2.75) is 0 Å². The zero-order chi connectivity index (χ0) is 0. The molecule has 0 N–H and O–H groups in total. The average Bonchev–Trinajstić information content (AvgIpc) is 0. The van der Waals surface area contributed by atoms with Crippen LogP contribution in [0.3, 0.4) is 0 Å². The van der Waals surface area contributed by atoms with Crippen LogP contribution in [0, 0.1) is 0 Å². The van der Waals surface area contributed by atoms with Crippen molar-refractivity contribution < 1.29 is 427 Å². The molecule has 0 fully saturated rings. The molecule has 0 saturated carbocycles.